The van der Waals surface area contributed by atoms with Gasteiger partial charge in [-0.1, -0.05) is 36.4 Å². The van der Waals surface area contributed by atoms with Gasteiger partial charge in [0.2, 0.25) is 5.91 Å². The molecule has 1 aliphatic carbocycles. The second kappa shape index (κ2) is 7.74. The van der Waals surface area contributed by atoms with E-state index in [1.165, 1.54) is 0 Å². The topological polar surface area (TPSA) is 88.5 Å². The third-order valence-corrected chi connectivity index (χ3v) is 6.03. The molecule has 0 bridgehead atoms. The smallest absolute Gasteiger partial charge is 0.223 e. The Kier molecular flexibility index (Phi) is 4.78. The second-order valence-electron chi connectivity index (χ2n) is 7.83. The Morgan fingerprint density at radius 2 is 2.00 bits per heavy atom. The van der Waals surface area contributed by atoms with E-state index in [1.807, 2.05) is 25.3 Å². The van der Waals surface area contributed by atoms with Crippen LogP contribution in [0.1, 0.15) is 32.2 Å². The number of amides is 1. The molecule has 7 heteroatoms. The average Bonchev–Trinajstić information content (AvgIpc) is 3.53. The minimum Gasteiger partial charge on any atom is -0.356 e. The summed E-state index contributed by atoms with van der Waals surface area (Å²) in [7, 11) is 0. The van der Waals surface area contributed by atoms with Crippen LogP contribution in [0.5, 0.6) is 0 Å². The van der Waals surface area contributed by atoms with Gasteiger partial charge < -0.3 is 9.88 Å². The molecule has 1 fully saturated rings. The van der Waals surface area contributed by atoms with Gasteiger partial charge in [0, 0.05) is 29.5 Å². The lowest BCUT2D eigenvalue weighted by atomic mass is 10.0. The highest BCUT2D eigenvalue weighted by atomic mass is 16.1. The lowest BCUT2D eigenvalue weighted by molar-refractivity contribution is -0.124. The van der Waals surface area contributed by atoms with E-state index in [4.69, 9.17) is 0 Å². The van der Waals surface area contributed by atoms with Crippen molar-refractivity contribution in [2.45, 2.75) is 32.2 Å². The molecular formula is C23H24N6O. The highest BCUT2D eigenvalue weighted by Crippen LogP contribution is 2.37. The van der Waals surface area contributed by atoms with Crippen LogP contribution in [0.25, 0.3) is 33.4 Å². The first-order chi connectivity index (χ1) is 14.7. The minimum absolute atomic E-state index is 0.0722. The van der Waals surface area contributed by atoms with E-state index < -0.39 is 0 Å². The van der Waals surface area contributed by atoms with Crippen LogP contribution in [-0.2, 0) is 4.79 Å². The van der Waals surface area contributed by atoms with E-state index >= 15 is 0 Å². The Bertz CT molecular complexity index is 1180. The van der Waals surface area contributed by atoms with Crippen LogP contribution < -0.4 is 5.32 Å². The molecule has 2 heterocycles. The summed E-state index contributed by atoms with van der Waals surface area (Å²) in [5.74, 6) is 1.08. The predicted octanol–water partition coefficient (Wildman–Crippen LogP) is 3.97. The molecule has 152 valence electrons. The number of benzene rings is 2. The molecule has 0 aliphatic heterocycles. The van der Waals surface area contributed by atoms with Gasteiger partial charge in [-0.05, 0) is 43.4 Å². The van der Waals surface area contributed by atoms with Crippen molar-refractivity contribution < 1.29 is 4.79 Å². The van der Waals surface area contributed by atoms with Crippen molar-refractivity contribution in [2.75, 3.05) is 6.54 Å². The van der Waals surface area contributed by atoms with Crippen LogP contribution in [0.15, 0.2) is 55.0 Å². The Morgan fingerprint density at radius 3 is 2.83 bits per heavy atom. The molecule has 1 saturated carbocycles. The Morgan fingerprint density at radius 1 is 1.17 bits per heavy atom. The predicted molar refractivity (Wildman–Crippen MR) is 116 cm³/mol. The number of hydrogen-bond donors (Lipinski definition) is 2. The minimum atomic E-state index is 0.0722. The molecule has 2 N–H and O–H groups in total. The van der Waals surface area contributed by atoms with Gasteiger partial charge in [-0.2, -0.15) is 5.10 Å². The summed E-state index contributed by atoms with van der Waals surface area (Å²) in [4.78, 5) is 12.2. The summed E-state index contributed by atoms with van der Waals surface area (Å²) in [5, 5.41) is 19.8. The maximum atomic E-state index is 12.2. The molecule has 4 aromatic rings. The van der Waals surface area contributed by atoms with Crippen LogP contribution in [0.4, 0.5) is 0 Å². The number of fused-ring (bicyclic) bond motifs is 1. The maximum Gasteiger partial charge on any atom is 0.223 e. The first-order valence-corrected chi connectivity index (χ1v) is 10.4. The molecule has 1 amide bonds. The SMILES string of the molecule is CCNC(=O)[C@H]1CC[C@@H](n2cnnc2-c2ccc(-c3cccc4[nH]ncc34)cc2)C1. The van der Waals surface area contributed by atoms with Crippen molar-refractivity contribution in [3.63, 3.8) is 0 Å². The lowest BCUT2D eigenvalue weighted by Gasteiger charge is -2.15. The molecule has 2 aromatic heterocycles. The first kappa shape index (κ1) is 18.5. The normalized spacial score (nSPS) is 18.7. The number of H-pyrrole nitrogens is 1. The standard InChI is InChI=1S/C23H24N6O/c1-2-24-23(30)17-10-11-18(12-17)29-14-26-28-22(29)16-8-6-15(7-9-16)19-4-3-5-21-20(19)13-25-27-21/h3-9,13-14,17-18H,2,10-12H2,1H3,(H,24,30)(H,25,27)/t17-,18+/m0/s1. The van der Waals surface area contributed by atoms with Gasteiger partial charge in [-0.15, -0.1) is 10.2 Å². The van der Waals surface area contributed by atoms with Crippen LogP contribution >= 0.6 is 0 Å². The van der Waals surface area contributed by atoms with Crippen molar-refractivity contribution in [3.05, 3.63) is 55.0 Å². The van der Waals surface area contributed by atoms with Crippen molar-refractivity contribution >= 4 is 16.8 Å². The van der Waals surface area contributed by atoms with Gasteiger partial charge in [-0.25, -0.2) is 0 Å². The average molecular weight is 400 g/mol. The number of nitrogens with one attached hydrogen (secondary N) is 2. The number of aromatic nitrogens is 5. The molecule has 0 unspecified atom stereocenters. The van der Waals surface area contributed by atoms with E-state index in [0.717, 1.165) is 52.7 Å². The van der Waals surface area contributed by atoms with Crippen molar-refractivity contribution in [2.24, 2.45) is 5.92 Å². The third kappa shape index (κ3) is 3.26. The van der Waals surface area contributed by atoms with Gasteiger partial charge >= 0.3 is 0 Å². The Balaban J connectivity index is 1.40. The fourth-order valence-corrected chi connectivity index (χ4v) is 4.50. The molecule has 0 saturated heterocycles. The van der Waals surface area contributed by atoms with Gasteiger partial charge in [0.25, 0.3) is 0 Å². The Hall–Kier alpha value is -3.48. The number of rotatable bonds is 5. The third-order valence-electron chi connectivity index (χ3n) is 6.03. The van der Waals surface area contributed by atoms with Gasteiger partial charge in [-0.3, -0.25) is 9.89 Å². The number of carbonyl (C=O) groups excluding carboxylic acids is 1. The van der Waals surface area contributed by atoms with Gasteiger partial charge in [0.05, 0.1) is 11.7 Å². The summed E-state index contributed by atoms with van der Waals surface area (Å²) < 4.78 is 2.13. The molecule has 30 heavy (non-hydrogen) atoms. The molecular weight excluding hydrogens is 376 g/mol. The van der Waals surface area contributed by atoms with Crippen molar-refractivity contribution in [3.8, 4) is 22.5 Å². The van der Waals surface area contributed by atoms with E-state index in [2.05, 4.69) is 60.6 Å². The second-order valence-corrected chi connectivity index (χ2v) is 7.83. The zero-order valence-electron chi connectivity index (χ0n) is 16.9. The molecule has 2 aromatic carbocycles. The number of hydrogen-bond acceptors (Lipinski definition) is 4. The molecule has 1 aliphatic rings. The molecule has 2 atom stereocenters. The van der Waals surface area contributed by atoms with Gasteiger partial charge in [0.1, 0.15) is 6.33 Å². The number of aromatic amines is 1. The molecule has 5 rings (SSSR count). The van der Waals surface area contributed by atoms with Crippen molar-refractivity contribution in [1.29, 1.82) is 0 Å². The van der Waals surface area contributed by atoms with Crippen LogP contribution in [0.2, 0.25) is 0 Å². The molecule has 0 spiro atoms. The zero-order valence-corrected chi connectivity index (χ0v) is 16.9. The maximum absolute atomic E-state index is 12.2. The monoisotopic (exact) mass is 400 g/mol. The lowest BCUT2D eigenvalue weighted by Crippen LogP contribution is -2.29. The van der Waals surface area contributed by atoms with Crippen LogP contribution in [0, 0.1) is 5.92 Å². The van der Waals surface area contributed by atoms with Crippen molar-refractivity contribution in [1.82, 2.24) is 30.3 Å². The summed E-state index contributed by atoms with van der Waals surface area (Å²) >= 11 is 0. The van der Waals surface area contributed by atoms with Gasteiger partial charge in [0.15, 0.2) is 5.82 Å². The highest BCUT2D eigenvalue weighted by molar-refractivity contribution is 5.94. The summed E-state index contributed by atoms with van der Waals surface area (Å²) in [5.41, 5.74) is 4.33. The fraction of sp³-hybridized carbons (Fsp3) is 0.304. The summed E-state index contributed by atoms with van der Waals surface area (Å²) in [6.07, 6.45) is 6.35. The highest BCUT2D eigenvalue weighted by Gasteiger charge is 2.31. The van der Waals surface area contributed by atoms with E-state index in [0.29, 0.717) is 6.54 Å². The quantitative estimate of drug-likeness (QED) is 0.531. The van der Waals surface area contributed by atoms with E-state index in [9.17, 15) is 4.79 Å². The summed E-state index contributed by atoms with van der Waals surface area (Å²) in [6, 6.07) is 14.8. The van der Waals surface area contributed by atoms with Crippen LogP contribution in [0.3, 0.4) is 0 Å². The number of nitrogens with zero attached hydrogens (tertiary/aromatic N) is 4. The van der Waals surface area contributed by atoms with E-state index in [-0.39, 0.29) is 17.9 Å². The largest absolute Gasteiger partial charge is 0.356 e. The fourth-order valence-electron chi connectivity index (χ4n) is 4.50. The van der Waals surface area contributed by atoms with E-state index in [1.54, 1.807) is 6.33 Å². The summed E-state index contributed by atoms with van der Waals surface area (Å²) in [6.45, 7) is 2.63. The Labute approximate surface area is 174 Å². The first-order valence-electron chi connectivity index (χ1n) is 10.4. The molecule has 0 radical (unpaired) electrons. The zero-order chi connectivity index (χ0) is 20.5. The number of carbonyl (C=O) groups is 1. The molecule has 7 nitrogen and oxygen atoms in total. The van der Waals surface area contributed by atoms with Crippen LogP contribution in [-0.4, -0.2) is 37.4 Å².